The third kappa shape index (κ3) is 3.30. The first-order valence-corrected chi connectivity index (χ1v) is 6.61. The van der Waals surface area contributed by atoms with E-state index in [1.165, 1.54) is 7.11 Å². The Hall–Kier alpha value is -2.15. The van der Waals surface area contributed by atoms with Crippen LogP contribution in [-0.4, -0.2) is 13.0 Å². The number of nitrogens with one attached hydrogen (secondary N) is 1. The zero-order valence-electron chi connectivity index (χ0n) is 10.9. The van der Waals surface area contributed by atoms with E-state index >= 15 is 0 Å². The lowest BCUT2D eigenvalue weighted by Gasteiger charge is -2.10. The molecule has 0 aliphatic heterocycles. The van der Waals surface area contributed by atoms with Crippen LogP contribution in [0.2, 0.25) is 0 Å². The third-order valence-electron chi connectivity index (χ3n) is 2.75. The molecule has 0 heterocycles. The lowest BCUT2D eigenvalue weighted by molar-refractivity contribution is 0.102. The van der Waals surface area contributed by atoms with Gasteiger partial charge in [-0.15, -0.1) is 0 Å². The van der Waals surface area contributed by atoms with Crippen LogP contribution >= 0.6 is 15.9 Å². The fourth-order valence-electron chi connectivity index (χ4n) is 1.70. The van der Waals surface area contributed by atoms with Gasteiger partial charge in [-0.25, -0.2) is 8.78 Å². The quantitative estimate of drug-likeness (QED) is 0.826. The van der Waals surface area contributed by atoms with Gasteiger partial charge in [0.05, 0.1) is 17.1 Å². The lowest BCUT2D eigenvalue weighted by atomic mass is 10.1. The molecule has 0 spiro atoms. The van der Waals surface area contributed by atoms with Crippen LogP contribution in [0.15, 0.2) is 34.8 Å². The number of anilines is 2. The van der Waals surface area contributed by atoms with Gasteiger partial charge >= 0.3 is 0 Å². The Morgan fingerprint density at radius 3 is 2.52 bits per heavy atom. The second kappa shape index (κ2) is 6.09. The molecule has 21 heavy (non-hydrogen) atoms. The molecule has 0 aromatic heterocycles. The number of nitrogens with two attached hydrogens (primary N) is 1. The van der Waals surface area contributed by atoms with E-state index in [2.05, 4.69) is 21.2 Å². The average Bonchev–Trinajstić information content (AvgIpc) is 2.43. The minimum atomic E-state index is -1.13. The molecule has 0 atom stereocenters. The number of hydrogen-bond acceptors (Lipinski definition) is 3. The summed E-state index contributed by atoms with van der Waals surface area (Å²) in [6, 6.07) is 6.41. The molecule has 2 aromatic carbocycles. The van der Waals surface area contributed by atoms with E-state index in [9.17, 15) is 13.6 Å². The fraction of sp³-hybridized carbons (Fsp3) is 0.0714. The summed E-state index contributed by atoms with van der Waals surface area (Å²) in [6.45, 7) is 0. The Morgan fingerprint density at radius 1 is 1.24 bits per heavy atom. The largest absolute Gasteiger partial charge is 0.496 e. The molecule has 2 rings (SSSR count). The van der Waals surface area contributed by atoms with Gasteiger partial charge in [0.15, 0.2) is 11.6 Å². The van der Waals surface area contributed by atoms with Crippen LogP contribution in [0, 0.1) is 11.6 Å². The SMILES string of the molecule is COc1ccc(NC(=O)c2cc(F)c(F)cc2N)cc1Br. The monoisotopic (exact) mass is 356 g/mol. The summed E-state index contributed by atoms with van der Waals surface area (Å²) in [6.07, 6.45) is 0. The molecule has 0 unspecified atom stereocenters. The van der Waals surface area contributed by atoms with Crippen LogP contribution in [0.1, 0.15) is 10.4 Å². The van der Waals surface area contributed by atoms with Crippen LogP contribution in [0.4, 0.5) is 20.2 Å². The van der Waals surface area contributed by atoms with Gasteiger partial charge in [0, 0.05) is 17.4 Å². The molecule has 110 valence electrons. The molecule has 0 bridgehead atoms. The summed E-state index contributed by atoms with van der Waals surface area (Å²) in [4.78, 5) is 12.0. The van der Waals surface area contributed by atoms with Crippen LogP contribution < -0.4 is 15.8 Å². The molecule has 7 heteroatoms. The maximum absolute atomic E-state index is 13.2. The fourth-order valence-corrected chi connectivity index (χ4v) is 2.24. The molecule has 0 saturated heterocycles. The van der Waals surface area contributed by atoms with Gasteiger partial charge in [0.1, 0.15) is 5.75 Å². The summed E-state index contributed by atoms with van der Waals surface area (Å²) >= 11 is 3.28. The number of halogens is 3. The van der Waals surface area contributed by atoms with E-state index in [0.29, 0.717) is 15.9 Å². The van der Waals surface area contributed by atoms with E-state index in [4.69, 9.17) is 10.5 Å². The number of hydrogen-bond donors (Lipinski definition) is 2. The summed E-state index contributed by atoms with van der Waals surface area (Å²) in [5.74, 6) is -2.27. The van der Waals surface area contributed by atoms with Crippen molar-refractivity contribution in [2.45, 2.75) is 0 Å². The second-order valence-corrected chi connectivity index (χ2v) is 5.01. The van der Waals surface area contributed by atoms with Gasteiger partial charge < -0.3 is 15.8 Å². The predicted octanol–water partition coefficient (Wildman–Crippen LogP) is 3.57. The zero-order valence-corrected chi connectivity index (χ0v) is 12.5. The first kappa shape index (κ1) is 15.2. The number of amides is 1. The Bertz CT molecular complexity index is 708. The minimum absolute atomic E-state index is 0.138. The standard InChI is InChI=1S/C14H11BrF2N2O2/c1-21-13-3-2-7(4-9(13)15)19-14(20)8-5-10(16)11(17)6-12(8)18/h2-6H,18H2,1H3,(H,19,20). The minimum Gasteiger partial charge on any atom is -0.496 e. The molecule has 2 aromatic rings. The molecule has 0 aliphatic carbocycles. The molecule has 0 radical (unpaired) electrons. The lowest BCUT2D eigenvalue weighted by Crippen LogP contribution is -2.15. The first-order valence-electron chi connectivity index (χ1n) is 5.81. The summed E-state index contributed by atoms with van der Waals surface area (Å²) in [5.41, 5.74) is 5.70. The number of carbonyl (C=O) groups excluding carboxylic acids is 1. The highest BCUT2D eigenvalue weighted by Gasteiger charge is 2.15. The summed E-state index contributed by atoms with van der Waals surface area (Å²) in [5, 5.41) is 2.54. The van der Waals surface area contributed by atoms with Gasteiger partial charge in [-0.05, 0) is 40.2 Å². The van der Waals surface area contributed by atoms with Crippen molar-refractivity contribution >= 4 is 33.2 Å². The van der Waals surface area contributed by atoms with Crippen molar-refractivity contribution in [3.63, 3.8) is 0 Å². The Morgan fingerprint density at radius 2 is 1.90 bits per heavy atom. The highest BCUT2D eigenvalue weighted by atomic mass is 79.9. The normalized spacial score (nSPS) is 10.3. The number of carbonyl (C=O) groups is 1. The number of nitrogen functional groups attached to an aromatic ring is 1. The van der Waals surface area contributed by atoms with Crippen LogP contribution in [0.5, 0.6) is 5.75 Å². The van der Waals surface area contributed by atoms with E-state index in [0.717, 1.165) is 12.1 Å². The zero-order chi connectivity index (χ0) is 15.6. The molecule has 3 N–H and O–H groups in total. The maximum atomic E-state index is 13.2. The molecule has 0 saturated carbocycles. The number of benzene rings is 2. The number of ether oxygens (including phenoxy) is 1. The topological polar surface area (TPSA) is 64.3 Å². The molecule has 0 aliphatic rings. The number of methoxy groups -OCH3 is 1. The van der Waals surface area contributed by atoms with Crippen molar-refractivity contribution in [3.05, 3.63) is 52.0 Å². The second-order valence-electron chi connectivity index (χ2n) is 4.16. The predicted molar refractivity (Wildman–Crippen MR) is 79.4 cm³/mol. The van der Waals surface area contributed by atoms with Crippen LogP contribution in [-0.2, 0) is 0 Å². The van der Waals surface area contributed by atoms with Gasteiger partial charge in [-0.2, -0.15) is 0 Å². The van der Waals surface area contributed by atoms with E-state index in [1.54, 1.807) is 18.2 Å². The maximum Gasteiger partial charge on any atom is 0.257 e. The van der Waals surface area contributed by atoms with Gasteiger partial charge in [-0.3, -0.25) is 4.79 Å². The molecule has 1 amide bonds. The van der Waals surface area contributed by atoms with Crippen molar-refractivity contribution in [1.29, 1.82) is 0 Å². The summed E-state index contributed by atoms with van der Waals surface area (Å²) < 4.78 is 31.9. The Kier molecular flexibility index (Phi) is 4.42. The molecule has 0 fully saturated rings. The van der Waals surface area contributed by atoms with Gasteiger partial charge in [0.2, 0.25) is 0 Å². The van der Waals surface area contributed by atoms with Gasteiger partial charge in [0.25, 0.3) is 5.91 Å². The molecule has 4 nitrogen and oxygen atoms in total. The summed E-state index contributed by atoms with van der Waals surface area (Å²) in [7, 11) is 1.51. The number of rotatable bonds is 3. The highest BCUT2D eigenvalue weighted by Crippen LogP contribution is 2.28. The first-order chi connectivity index (χ1) is 9.92. The van der Waals surface area contributed by atoms with Gasteiger partial charge in [-0.1, -0.05) is 0 Å². The Labute approximate surface area is 128 Å². The average molecular weight is 357 g/mol. The Balaban J connectivity index is 2.26. The van der Waals surface area contributed by atoms with E-state index in [1.807, 2.05) is 0 Å². The molecular formula is C14H11BrF2N2O2. The third-order valence-corrected chi connectivity index (χ3v) is 3.37. The van der Waals surface area contributed by atoms with E-state index in [-0.39, 0.29) is 11.3 Å². The van der Waals surface area contributed by atoms with Crippen molar-refractivity contribution < 1.29 is 18.3 Å². The van der Waals surface area contributed by atoms with Crippen molar-refractivity contribution in [3.8, 4) is 5.75 Å². The smallest absolute Gasteiger partial charge is 0.257 e. The van der Waals surface area contributed by atoms with Crippen molar-refractivity contribution in [1.82, 2.24) is 0 Å². The molecular weight excluding hydrogens is 346 g/mol. The van der Waals surface area contributed by atoms with Crippen LogP contribution in [0.25, 0.3) is 0 Å². The van der Waals surface area contributed by atoms with Crippen LogP contribution in [0.3, 0.4) is 0 Å². The van der Waals surface area contributed by atoms with E-state index < -0.39 is 17.5 Å². The van der Waals surface area contributed by atoms with Crippen molar-refractivity contribution in [2.75, 3.05) is 18.2 Å². The van der Waals surface area contributed by atoms with Crippen molar-refractivity contribution in [2.24, 2.45) is 0 Å². The highest BCUT2D eigenvalue weighted by molar-refractivity contribution is 9.10.